The number of pyridine rings is 1. The Morgan fingerprint density at radius 2 is 2.00 bits per heavy atom. The Balaban J connectivity index is 1.60. The van der Waals surface area contributed by atoms with Crippen LogP contribution < -0.4 is 14.8 Å². The van der Waals surface area contributed by atoms with Crippen LogP contribution in [0.5, 0.6) is 11.9 Å². The van der Waals surface area contributed by atoms with Crippen LogP contribution in [-0.4, -0.2) is 79.8 Å². The van der Waals surface area contributed by atoms with Crippen LogP contribution in [0.15, 0.2) is 0 Å². The average molecular weight is 544 g/mol. The predicted molar refractivity (Wildman–Crippen MR) is 139 cm³/mol. The molecule has 2 aromatic heterocycles. The molecular weight excluding hydrogens is 508 g/mol. The lowest BCUT2D eigenvalue weighted by atomic mass is 9.95. The van der Waals surface area contributed by atoms with E-state index in [4.69, 9.17) is 25.5 Å². The molecule has 2 aromatic rings. The fourth-order valence-electron chi connectivity index (χ4n) is 4.77. The van der Waals surface area contributed by atoms with Crippen molar-refractivity contribution in [2.24, 2.45) is 0 Å². The number of ether oxygens (including phenoxy) is 2. The summed E-state index contributed by atoms with van der Waals surface area (Å²) in [4.78, 5) is 15.0. The minimum Gasteiger partial charge on any atom is -0.480 e. The molecule has 0 radical (unpaired) electrons. The van der Waals surface area contributed by atoms with Crippen molar-refractivity contribution in [2.45, 2.75) is 69.9 Å². The summed E-state index contributed by atoms with van der Waals surface area (Å²) in [5, 5.41) is 3.21. The maximum atomic E-state index is 15.1. The zero-order valence-electron chi connectivity index (χ0n) is 21.9. The summed E-state index contributed by atoms with van der Waals surface area (Å²) in [5.74, 6) is -0.373. The molecule has 2 aliphatic rings. The number of anilines is 1. The zero-order chi connectivity index (χ0) is 26.3. The molecule has 0 bridgehead atoms. The highest BCUT2D eigenvalue weighted by atomic mass is 35.5. The van der Waals surface area contributed by atoms with Gasteiger partial charge >= 0.3 is 6.01 Å². The average Bonchev–Trinajstić information content (AvgIpc) is 3.32. The van der Waals surface area contributed by atoms with Crippen LogP contribution in [0.4, 0.5) is 14.6 Å². The largest absolute Gasteiger partial charge is 0.480 e. The van der Waals surface area contributed by atoms with Gasteiger partial charge in [-0.05, 0) is 37.5 Å². The van der Waals surface area contributed by atoms with Gasteiger partial charge in [0.2, 0.25) is 5.88 Å². The van der Waals surface area contributed by atoms with E-state index in [-0.39, 0.29) is 45.1 Å². The standard InChI is InChI=1S/C24H36ClF2N5O3Si/c1-23(2,3)36(5,6)35-11-9-28-20-16-18(17(27)19(25)30-21(16)33-4)29-22(31-20)34-14-24-8-7-10-32(24)13-15(26)12-24/h15H,7-14H2,1-6H3,(H,28,29,31)/t15-,24+/m1/s1. The molecule has 8 nitrogen and oxygen atoms in total. The number of nitrogens with zero attached hydrogens (tertiary/aromatic N) is 4. The van der Waals surface area contributed by atoms with Gasteiger partial charge in [0, 0.05) is 19.5 Å². The lowest BCUT2D eigenvalue weighted by Crippen LogP contribution is -2.43. The summed E-state index contributed by atoms with van der Waals surface area (Å²) in [7, 11) is -0.513. The summed E-state index contributed by atoms with van der Waals surface area (Å²) >= 11 is 6.01. The number of fused-ring (bicyclic) bond motifs is 2. The first-order valence-electron chi connectivity index (χ1n) is 12.4. The lowest BCUT2D eigenvalue weighted by molar-refractivity contribution is 0.107. The second-order valence-corrected chi connectivity index (χ2v) is 16.4. The number of hydrogen-bond acceptors (Lipinski definition) is 8. The van der Waals surface area contributed by atoms with Crippen LogP contribution in [-0.2, 0) is 4.43 Å². The Kier molecular flexibility index (Phi) is 7.67. The molecular formula is C24H36ClF2N5O3Si. The van der Waals surface area contributed by atoms with Gasteiger partial charge in [-0.2, -0.15) is 15.0 Å². The molecule has 2 saturated heterocycles. The minimum atomic E-state index is -1.94. The summed E-state index contributed by atoms with van der Waals surface area (Å²) in [6, 6.07) is -0.0120. The summed E-state index contributed by atoms with van der Waals surface area (Å²) < 4.78 is 46.8. The van der Waals surface area contributed by atoms with Gasteiger partial charge in [0.1, 0.15) is 29.5 Å². The number of alkyl halides is 1. The third kappa shape index (κ3) is 5.25. The molecule has 0 saturated carbocycles. The molecule has 200 valence electrons. The number of methoxy groups -OCH3 is 1. The Bertz CT molecular complexity index is 1120. The molecule has 0 amide bonds. The zero-order valence-corrected chi connectivity index (χ0v) is 23.6. The van der Waals surface area contributed by atoms with Crippen molar-refractivity contribution in [3.63, 3.8) is 0 Å². The second kappa shape index (κ2) is 10.1. The maximum absolute atomic E-state index is 15.1. The summed E-state index contributed by atoms with van der Waals surface area (Å²) in [6.07, 6.45) is 1.36. The van der Waals surface area contributed by atoms with Gasteiger partial charge in [0.25, 0.3) is 0 Å². The van der Waals surface area contributed by atoms with Gasteiger partial charge < -0.3 is 19.2 Å². The first-order valence-corrected chi connectivity index (χ1v) is 15.7. The quantitative estimate of drug-likeness (QED) is 0.262. The number of nitrogens with one attached hydrogen (secondary N) is 1. The van der Waals surface area contributed by atoms with Crippen LogP contribution in [0.25, 0.3) is 10.9 Å². The number of hydrogen-bond donors (Lipinski definition) is 1. The summed E-state index contributed by atoms with van der Waals surface area (Å²) in [5.41, 5.74) is -0.436. The van der Waals surface area contributed by atoms with Crippen molar-refractivity contribution < 1.29 is 22.7 Å². The maximum Gasteiger partial charge on any atom is 0.319 e. The SMILES string of the molecule is COc1nc(Cl)c(F)c2nc(OC[C@@]34CCCN3C[C@H](F)C4)nc(NCCO[Si](C)(C)C(C)(C)C)c12. The molecule has 2 aliphatic heterocycles. The van der Waals surface area contributed by atoms with Crippen molar-refractivity contribution in [3.8, 4) is 11.9 Å². The molecule has 0 spiro atoms. The van der Waals surface area contributed by atoms with E-state index < -0.39 is 20.3 Å². The Labute approximate surface area is 217 Å². The third-order valence-electron chi connectivity index (χ3n) is 7.78. The van der Waals surface area contributed by atoms with Crippen molar-refractivity contribution in [3.05, 3.63) is 11.0 Å². The van der Waals surface area contributed by atoms with Crippen LogP contribution in [0, 0.1) is 5.82 Å². The van der Waals surface area contributed by atoms with E-state index in [0.29, 0.717) is 31.9 Å². The van der Waals surface area contributed by atoms with E-state index in [1.807, 2.05) is 0 Å². The molecule has 12 heteroatoms. The Morgan fingerprint density at radius 3 is 2.69 bits per heavy atom. The normalized spacial score (nSPS) is 22.8. The fourth-order valence-corrected chi connectivity index (χ4v) is 5.99. The first-order chi connectivity index (χ1) is 16.9. The lowest BCUT2D eigenvalue weighted by Gasteiger charge is -2.36. The molecule has 4 heterocycles. The van der Waals surface area contributed by atoms with Gasteiger partial charge in [0.15, 0.2) is 19.3 Å². The van der Waals surface area contributed by atoms with Gasteiger partial charge in [-0.1, -0.05) is 32.4 Å². The third-order valence-corrected chi connectivity index (χ3v) is 12.6. The van der Waals surface area contributed by atoms with Crippen LogP contribution in [0.3, 0.4) is 0 Å². The molecule has 2 atom stereocenters. The minimum absolute atomic E-state index is 0.0120. The van der Waals surface area contributed by atoms with E-state index in [0.717, 1.165) is 19.4 Å². The molecule has 0 unspecified atom stereocenters. The van der Waals surface area contributed by atoms with Crippen LogP contribution >= 0.6 is 11.6 Å². The van der Waals surface area contributed by atoms with Crippen molar-refractivity contribution in [2.75, 3.05) is 45.3 Å². The van der Waals surface area contributed by atoms with Gasteiger partial charge in [-0.25, -0.2) is 8.78 Å². The van der Waals surface area contributed by atoms with Crippen molar-refractivity contribution in [1.82, 2.24) is 19.9 Å². The van der Waals surface area contributed by atoms with E-state index in [1.165, 1.54) is 7.11 Å². The predicted octanol–water partition coefficient (Wildman–Crippen LogP) is 5.21. The molecule has 36 heavy (non-hydrogen) atoms. The Hall–Kier alpha value is -1.82. The number of halogens is 3. The highest BCUT2D eigenvalue weighted by molar-refractivity contribution is 6.74. The first kappa shape index (κ1) is 27.2. The molecule has 4 rings (SSSR count). The highest BCUT2D eigenvalue weighted by Gasteiger charge is 2.49. The molecule has 0 aromatic carbocycles. The highest BCUT2D eigenvalue weighted by Crippen LogP contribution is 2.41. The van der Waals surface area contributed by atoms with Gasteiger partial charge in [0.05, 0.1) is 19.3 Å². The van der Waals surface area contributed by atoms with Gasteiger partial charge in [-0.3, -0.25) is 4.90 Å². The topological polar surface area (TPSA) is 81.6 Å². The smallest absolute Gasteiger partial charge is 0.319 e. The second-order valence-electron chi connectivity index (χ2n) is 11.2. The fraction of sp³-hybridized carbons (Fsp3) is 0.708. The van der Waals surface area contributed by atoms with Gasteiger partial charge in [-0.15, -0.1) is 0 Å². The van der Waals surface area contributed by atoms with E-state index in [9.17, 15) is 4.39 Å². The molecule has 0 aliphatic carbocycles. The van der Waals surface area contributed by atoms with Crippen LogP contribution in [0.1, 0.15) is 40.0 Å². The van der Waals surface area contributed by atoms with Crippen LogP contribution in [0.2, 0.25) is 23.3 Å². The van der Waals surface area contributed by atoms with E-state index in [1.54, 1.807) is 0 Å². The number of aromatic nitrogens is 3. The monoisotopic (exact) mass is 543 g/mol. The van der Waals surface area contributed by atoms with Crippen molar-refractivity contribution in [1.29, 1.82) is 0 Å². The number of rotatable bonds is 9. The van der Waals surface area contributed by atoms with E-state index >= 15 is 4.39 Å². The Morgan fingerprint density at radius 1 is 1.25 bits per heavy atom. The molecule has 1 N–H and O–H groups in total. The molecule has 2 fully saturated rings. The van der Waals surface area contributed by atoms with E-state index in [2.05, 4.69) is 59.0 Å². The summed E-state index contributed by atoms with van der Waals surface area (Å²) in [6.45, 7) is 13.2. The van der Waals surface area contributed by atoms with Crippen molar-refractivity contribution >= 4 is 36.6 Å².